The van der Waals surface area contributed by atoms with E-state index in [1.807, 2.05) is 146 Å². The number of thioether (sulfide) groups is 1. The molecule has 65 heavy (non-hydrogen) atoms. The van der Waals surface area contributed by atoms with Gasteiger partial charge >= 0.3 is 5.97 Å². The number of nitrogens with zero attached hydrogens (tertiary/aromatic N) is 3. The Hall–Kier alpha value is -7.32. The maximum atomic E-state index is 14.9. The highest BCUT2D eigenvalue weighted by Gasteiger charge is 2.54. The number of carboxylic acid groups (broad SMARTS) is 1. The monoisotopic (exact) mass is 897 g/mol. The maximum absolute atomic E-state index is 14.9. The molecule has 1 unspecified atom stereocenters. The van der Waals surface area contributed by atoms with Crippen LogP contribution in [0.25, 0.3) is 0 Å². The molecule has 0 spiro atoms. The number of rotatable bonds is 16. The summed E-state index contributed by atoms with van der Waals surface area (Å²) in [5.74, 6) is -2.22. The van der Waals surface area contributed by atoms with Crippen LogP contribution in [-0.4, -0.2) is 69.4 Å². The molecule has 7 aromatic rings. The van der Waals surface area contributed by atoms with Gasteiger partial charge in [0.05, 0.1) is 6.61 Å². The lowest BCUT2D eigenvalue weighted by Crippen LogP contribution is -2.71. The first-order valence-corrected chi connectivity index (χ1v) is 22.8. The average Bonchev–Trinajstić information content (AvgIpc) is 3.83. The fourth-order valence-electron chi connectivity index (χ4n) is 8.55. The van der Waals surface area contributed by atoms with Gasteiger partial charge < -0.3 is 25.3 Å². The van der Waals surface area contributed by atoms with E-state index in [1.54, 1.807) is 5.38 Å². The number of fused-ring (bicyclic) bond motifs is 1. The number of thiazole rings is 1. The molecule has 9 rings (SSSR count). The van der Waals surface area contributed by atoms with Crippen molar-refractivity contribution in [1.29, 1.82) is 0 Å². The molecule has 0 bridgehead atoms. The number of methoxy groups -OCH3 is 1. The highest BCUT2D eigenvalue weighted by Crippen LogP contribution is 2.44. The summed E-state index contributed by atoms with van der Waals surface area (Å²) in [4.78, 5) is 54.4. The third kappa shape index (κ3) is 8.10. The van der Waals surface area contributed by atoms with E-state index < -0.39 is 40.3 Å². The van der Waals surface area contributed by atoms with Gasteiger partial charge in [0.2, 0.25) is 5.60 Å². The summed E-state index contributed by atoms with van der Waals surface area (Å²) < 4.78 is 5.25. The van der Waals surface area contributed by atoms with Gasteiger partial charge in [0.25, 0.3) is 11.8 Å². The standard InChI is InChI=1S/C52H43N5O6S2/c1-62-32-35-33-64-48-44(47(59)57(48)45(35)49(60)61)54-46(58)43(56-63-52(39-26-14-5-15-27-39,40-28-16-6-17-29-40)41-30-18-7-19-31-41)42-34-65-50(53-42)55-51(36-20-8-2-9-21-36,37-22-10-3-11-23-37)38-24-12-4-13-25-38/h2-31,34,44,48H,32-33H2,1H3,(H,53,55)(H,54,58)(H,60,61)/t44?,48-/m0/s1. The van der Waals surface area contributed by atoms with E-state index in [0.29, 0.717) is 16.5 Å². The molecule has 2 atom stereocenters. The van der Waals surface area contributed by atoms with Crippen molar-refractivity contribution in [1.82, 2.24) is 15.2 Å². The SMILES string of the molecule is COCC1=C(C(=O)O)N2C(=O)C(NC(=O)C(=NOC(c3ccccc3)(c3ccccc3)c3ccccc3)c3csc(NC(c4ccccc4)(c4ccccc4)c4ccccc4)n3)[C@@H]2SC1. The molecule has 2 amide bonds. The zero-order chi connectivity index (χ0) is 44.8. The Kier molecular flexibility index (Phi) is 12.4. The van der Waals surface area contributed by atoms with Crippen LogP contribution in [0.5, 0.6) is 0 Å². The Morgan fingerprint density at radius 2 is 1.17 bits per heavy atom. The second kappa shape index (κ2) is 18.8. The van der Waals surface area contributed by atoms with E-state index in [1.165, 1.54) is 35.1 Å². The van der Waals surface area contributed by atoms with Gasteiger partial charge in [-0.3, -0.25) is 14.5 Å². The number of β-lactam (4-membered cyclic amide) rings is 1. The van der Waals surface area contributed by atoms with Gasteiger partial charge in [-0.15, -0.1) is 23.1 Å². The largest absolute Gasteiger partial charge is 0.477 e. The van der Waals surface area contributed by atoms with Crippen molar-refractivity contribution < 1.29 is 29.1 Å². The number of hydrogen-bond acceptors (Lipinski definition) is 10. The quantitative estimate of drug-likeness (QED) is 0.0376. The number of aliphatic carboxylic acids is 1. The van der Waals surface area contributed by atoms with Crippen LogP contribution in [0.1, 0.15) is 39.1 Å². The number of ether oxygens (including phenoxy) is 1. The van der Waals surface area contributed by atoms with Crippen LogP contribution < -0.4 is 10.6 Å². The summed E-state index contributed by atoms with van der Waals surface area (Å²) in [5, 5.41) is 23.2. The van der Waals surface area contributed by atoms with Crippen molar-refractivity contribution in [2.45, 2.75) is 22.6 Å². The number of aromatic nitrogens is 1. The fourth-order valence-corrected chi connectivity index (χ4v) is 10.6. The number of carboxylic acids is 1. The number of amides is 2. The fraction of sp³-hybridized carbons (Fsp3) is 0.135. The van der Waals surface area contributed by atoms with Crippen molar-refractivity contribution in [3.05, 3.63) is 238 Å². The van der Waals surface area contributed by atoms with E-state index in [-0.39, 0.29) is 23.7 Å². The molecular formula is C52H43N5O6S2. The third-order valence-electron chi connectivity index (χ3n) is 11.5. The zero-order valence-corrected chi connectivity index (χ0v) is 36.7. The van der Waals surface area contributed by atoms with Crippen LogP contribution >= 0.6 is 23.1 Å². The lowest BCUT2D eigenvalue weighted by atomic mass is 9.77. The van der Waals surface area contributed by atoms with Gasteiger partial charge in [-0.05, 0) is 22.3 Å². The molecule has 6 aromatic carbocycles. The molecule has 0 saturated carbocycles. The summed E-state index contributed by atoms with van der Waals surface area (Å²) >= 11 is 2.64. The molecule has 13 heteroatoms. The molecular weight excluding hydrogens is 855 g/mol. The first-order chi connectivity index (χ1) is 31.8. The van der Waals surface area contributed by atoms with E-state index in [0.717, 1.165) is 33.4 Å². The molecule has 3 heterocycles. The molecule has 324 valence electrons. The summed E-state index contributed by atoms with van der Waals surface area (Å²) in [6.45, 7) is 0.0581. The molecule has 1 aromatic heterocycles. The van der Waals surface area contributed by atoms with Gasteiger partial charge in [-0.25, -0.2) is 9.78 Å². The van der Waals surface area contributed by atoms with Crippen molar-refractivity contribution in [2.24, 2.45) is 5.16 Å². The van der Waals surface area contributed by atoms with E-state index in [4.69, 9.17) is 19.7 Å². The van der Waals surface area contributed by atoms with Gasteiger partial charge in [0.15, 0.2) is 10.8 Å². The lowest BCUT2D eigenvalue weighted by molar-refractivity contribution is -0.150. The van der Waals surface area contributed by atoms with Crippen LogP contribution in [0.15, 0.2) is 204 Å². The Bertz CT molecular complexity index is 2650. The van der Waals surface area contributed by atoms with Crippen LogP contribution in [0.2, 0.25) is 0 Å². The minimum Gasteiger partial charge on any atom is -0.477 e. The highest BCUT2D eigenvalue weighted by molar-refractivity contribution is 8.00. The van der Waals surface area contributed by atoms with E-state index in [2.05, 4.69) is 47.0 Å². The maximum Gasteiger partial charge on any atom is 0.352 e. The summed E-state index contributed by atoms with van der Waals surface area (Å²) in [7, 11) is 1.47. The number of anilines is 1. The predicted octanol–water partition coefficient (Wildman–Crippen LogP) is 8.64. The van der Waals surface area contributed by atoms with Crippen LogP contribution in [0.3, 0.4) is 0 Å². The number of nitrogens with one attached hydrogen (secondary N) is 2. The van der Waals surface area contributed by atoms with Crippen LogP contribution in [-0.2, 0) is 35.1 Å². The number of hydrogen-bond donors (Lipinski definition) is 3. The zero-order valence-electron chi connectivity index (χ0n) is 35.1. The van der Waals surface area contributed by atoms with Crippen LogP contribution in [0.4, 0.5) is 5.13 Å². The van der Waals surface area contributed by atoms with Gasteiger partial charge in [-0.2, -0.15) is 0 Å². The Morgan fingerprint density at radius 1 is 0.723 bits per heavy atom. The topological polar surface area (TPSA) is 142 Å². The number of carbonyl (C=O) groups is 3. The summed E-state index contributed by atoms with van der Waals surface area (Å²) in [6, 6.07) is 58.2. The Balaban J connectivity index is 1.16. The summed E-state index contributed by atoms with van der Waals surface area (Å²) in [5.41, 5.74) is 3.23. The molecule has 3 N–H and O–H groups in total. The minimum absolute atomic E-state index is 0.0581. The Labute approximate surface area is 384 Å². The number of oxime groups is 1. The first kappa shape index (κ1) is 43.0. The normalized spacial score (nSPS) is 16.3. The van der Waals surface area contributed by atoms with Gasteiger partial charge in [0.1, 0.15) is 28.3 Å². The van der Waals surface area contributed by atoms with Crippen molar-refractivity contribution in [3.8, 4) is 0 Å². The van der Waals surface area contributed by atoms with E-state index in [9.17, 15) is 19.5 Å². The third-order valence-corrected chi connectivity index (χ3v) is 13.6. The predicted molar refractivity (Wildman–Crippen MR) is 253 cm³/mol. The first-order valence-electron chi connectivity index (χ1n) is 20.9. The molecule has 1 saturated heterocycles. The number of carbonyl (C=O) groups excluding carboxylic acids is 2. The second-order valence-electron chi connectivity index (χ2n) is 15.4. The molecule has 1 fully saturated rings. The lowest BCUT2D eigenvalue weighted by Gasteiger charge is -2.49. The average molecular weight is 898 g/mol. The van der Waals surface area contributed by atoms with Gasteiger partial charge in [-0.1, -0.05) is 187 Å². The van der Waals surface area contributed by atoms with Gasteiger partial charge in [0, 0.05) is 34.9 Å². The van der Waals surface area contributed by atoms with Crippen molar-refractivity contribution in [3.63, 3.8) is 0 Å². The summed E-state index contributed by atoms with van der Waals surface area (Å²) in [6.07, 6.45) is 0. The van der Waals surface area contributed by atoms with Crippen molar-refractivity contribution in [2.75, 3.05) is 24.8 Å². The molecule has 11 nitrogen and oxygen atoms in total. The van der Waals surface area contributed by atoms with Crippen LogP contribution in [0, 0.1) is 0 Å². The Morgan fingerprint density at radius 3 is 1.60 bits per heavy atom. The molecule has 0 radical (unpaired) electrons. The molecule has 2 aliphatic heterocycles. The molecule has 2 aliphatic rings. The smallest absolute Gasteiger partial charge is 0.352 e. The van der Waals surface area contributed by atoms with E-state index >= 15 is 0 Å². The number of benzene rings is 6. The minimum atomic E-state index is -1.35. The second-order valence-corrected chi connectivity index (χ2v) is 17.3. The molecule has 0 aliphatic carbocycles. The van der Waals surface area contributed by atoms with Crippen molar-refractivity contribution >= 4 is 51.7 Å². The highest BCUT2D eigenvalue weighted by atomic mass is 32.2.